The zero-order chi connectivity index (χ0) is 33.3. The summed E-state index contributed by atoms with van der Waals surface area (Å²) < 4.78 is 28.1. The number of nitro groups is 1. The Morgan fingerprint density at radius 1 is 1.18 bits per heavy atom. The Morgan fingerprint density at radius 3 is 2.38 bits per heavy atom. The average molecular weight is 642 g/mol. The lowest BCUT2D eigenvalue weighted by Crippen LogP contribution is -2.40. The van der Waals surface area contributed by atoms with Crippen LogP contribution >= 0.6 is 12.3 Å². The van der Waals surface area contributed by atoms with E-state index in [1.165, 1.54) is 42.7 Å². The number of nitro benzene ring substituents is 1. The third kappa shape index (κ3) is 8.17. The fraction of sp³-hybridized carbons (Fsp3) is 0.300. The Hall–Kier alpha value is -4.92. The summed E-state index contributed by atoms with van der Waals surface area (Å²) in [5.74, 6) is -1.43. The molecule has 2 heterocycles. The zero-order valence-electron chi connectivity index (χ0n) is 25.0. The molecule has 1 fully saturated rings. The van der Waals surface area contributed by atoms with Crippen molar-refractivity contribution in [2.24, 2.45) is 5.92 Å². The van der Waals surface area contributed by atoms with Crippen LogP contribution in [-0.4, -0.2) is 54.6 Å². The number of aromatic carboxylic acids is 1. The van der Waals surface area contributed by atoms with Crippen LogP contribution in [-0.2, 0) is 0 Å². The molecule has 0 bridgehead atoms. The summed E-state index contributed by atoms with van der Waals surface area (Å²) in [7, 11) is 1.63. The van der Waals surface area contributed by atoms with E-state index in [-0.39, 0.29) is 63.7 Å². The molecule has 2 aromatic heterocycles. The predicted molar refractivity (Wildman–Crippen MR) is 169 cm³/mol. The molecule has 12 nitrogen and oxygen atoms in total. The van der Waals surface area contributed by atoms with Crippen molar-refractivity contribution in [2.45, 2.75) is 46.1 Å². The second-order valence-electron chi connectivity index (χ2n) is 9.74. The Balaban J connectivity index is 0.000000331. The van der Waals surface area contributed by atoms with Crippen LogP contribution in [0.3, 0.4) is 0 Å². The number of benzene rings is 2. The maximum atomic E-state index is 13.6. The van der Waals surface area contributed by atoms with Gasteiger partial charge in [-0.15, -0.1) is 3.89 Å². The van der Waals surface area contributed by atoms with Gasteiger partial charge in [0, 0.05) is 42.7 Å². The number of carbonyl (C=O) groups excluding carboxylic acids is 1. The molecule has 1 saturated carbocycles. The molecule has 0 saturated heterocycles. The number of rotatable bonds is 9. The Kier molecular flexibility index (Phi) is 12.1. The summed E-state index contributed by atoms with van der Waals surface area (Å²) in [6.07, 6.45) is 6.03. The summed E-state index contributed by atoms with van der Waals surface area (Å²) in [5, 5.41) is 33.0. The SMILES string of the molecule is CC.CNc1cc(F)ccc1C(=N)c1cnc2c(n1)c(C(=O)NC(C)C1CCC1)cn2SF.O=C(O)c1ccc([N+](=O)[O-])cc1. The van der Waals surface area contributed by atoms with Crippen LogP contribution in [0.25, 0.3) is 11.2 Å². The minimum Gasteiger partial charge on any atom is -0.478 e. The van der Waals surface area contributed by atoms with E-state index < -0.39 is 16.7 Å². The van der Waals surface area contributed by atoms with Crippen LogP contribution in [0.5, 0.6) is 0 Å². The van der Waals surface area contributed by atoms with Crippen molar-refractivity contribution in [2.75, 3.05) is 12.4 Å². The second kappa shape index (κ2) is 15.7. The van der Waals surface area contributed by atoms with E-state index in [2.05, 4.69) is 20.6 Å². The van der Waals surface area contributed by atoms with E-state index >= 15 is 0 Å². The Bertz CT molecular complexity index is 1660. The van der Waals surface area contributed by atoms with Gasteiger partial charge in [-0.05, 0) is 56.0 Å². The molecule has 0 spiro atoms. The van der Waals surface area contributed by atoms with Crippen molar-refractivity contribution >= 4 is 52.5 Å². The van der Waals surface area contributed by atoms with E-state index in [1.807, 2.05) is 20.8 Å². The highest BCUT2D eigenvalue weighted by atomic mass is 32.2. The number of carboxylic acids is 1. The number of nitrogens with one attached hydrogen (secondary N) is 3. The molecule has 1 aliphatic rings. The predicted octanol–water partition coefficient (Wildman–Crippen LogP) is 6.65. The van der Waals surface area contributed by atoms with Crippen LogP contribution in [0.15, 0.2) is 54.9 Å². The maximum Gasteiger partial charge on any atom is 0.335 e. The van der Waals surface area contributed by atoms with E-state index in [4.69, 9.17) is 10.5 Å². The number of carbonyl (C=O) groups is 2. The van der Waals surface area contributed by atoms with Gasteiger partial charge in [-0.25, -0.2) is 23.1 Å². The van der Waals surface area contributed by atoms with E-state index in [0.29, 0.717) is 17.2 Å². The number of hydrogen-bond donors (Lipinski definition) is 4. The lowest BCUT2D eigenvalue weighted by atomic mass is 9.80. The Labute approximate surface area is 262 Å². The van der Waals surface area contributed by atoms with Crippen molar-refractivity contribution in [1.29, 1.82) is 5.41 Å². The van der Waals surface area contributed by atoms with Crippen LogP contribution in [0.4, 0.5) is 19.7 Å². The smallest absolute Gasteiger partial charge is 0.335 e. The highest BCUT2D eigenvalue weighted by molar-refractivity contribution is 7.92. The van der Waals surface area contributed by atoms with Gasteiger partial charge in [-0.2, -0.15) is 0 Å². The Morgan fingerprint density at radius 2 is 1.84 bits per heavy atom. The summed E-state index contributed by atoms with van der Waals surface area (Å²) in [6.45, 7) is 5.96. The van der Waals surface area contributed by atoms with E-state index in [1.54, 1.807) is 7.05 Å². The first-order chi connectivity index (χ1) is 21.5. The first-order valence-electron chi connectivity index (χ1n) is 14.1. The van der Waals surface area contributed by atoms with Crippen LogP contribution in [0.2, 0.25) is 0 Å². The molecular formula is C30H33F2N7O5S. The molecule has 1 amide bonds. The monoisotopic (exact) mass is 641 g/mol. The van der Waals surface area contributed by atoms with Gasteiger partial charge < -0.3 is 15.7 Å². The average Bonchev–Trinajstić information content (AvgIpc) is 3.39. The lowest BCUT2D eigenvalue weighted by molar-refractivity contribution is -0.384. The molecule has 45 heavy (non-hydrogen) atoms. The molecule has 1 unspecified atom stereocenters. The number of hydrogen-bond acceptors (Lipinski definition) is 9. The van der Waals surface area contributed by atoms with Crippen molar-refractivity contribution in [3.8, 4) is 0 Å². The summed E-state index contributed by atoms with van der Waals surface area (Å²) in [5.41, 5.74) is 1.59. The van der Waals surface area contributed by atoms with Crippen LogP contribution < -0.4 is 10.6 Å². The van der Waals surface area contributed by atoms with Crippen molar-refractivity contribution in [3.05, 3.63) is 93.2 Å². The molecule has 0 radical (unpaired) electrons. The van der Waals surface area contributed by atoms with Crippen molar-refractivity contribution < 1.29 is 27.9 Å². The highest BCUT2D eigenvalue weighted by Crippen LogP contribution is 2.30. The summed E-state index contributed by atoms with van der Waals surface area (Å²) >= 11 is -0.0755. The fourth-order valence-electron chi connectivity index (χ4n) is 4.45. The number of non-ortho nitro benzene ring substituents is 1. The first-order valence-corrected chi connectivity index (χ1v) is 14.7. The van der Waals surface area contributed by atoms with Gasteiger partial charge in [-0.1, -0.05) is 20.3 Å². The number of aromatic nitrogens is 3. The van der Waals surface area contributed by atoms with Gasteiger partial charge in [-0.3, -0.25) is 20.3 Å². The number of nitrogens with zero attached hydrogens (tertiary/aromatic N) is 4. The molecular weight excluding hydrogens is 608 g/mol. The number of carboxylic acid groups (broad SMARTS) is 1. The normalized spacial score (nSPS) is 12.8. The molecule has 5 rings (SSSR count). The molecule has 1 aliphatic carbocycles. The van der Waals surface area contributed by atoms with Gasteiger partial charge in [0.05, 0.1) is 28.0 Å². The zero-order valence-corrected chi connectivity index (χ0v) is 25.8. The summed E-state index contributed by atoms with van der Waals surface area (Å²) in [4.78, 5) is 41.5. The third-order valence-electron chi connectivity index (χ3n) is 7.10. The molecule has 0 aliphatic heterocycles. The number of fused-ring (bicyclic) bond motifs is 1. The molecule has 4 N–H and O–H groups in total. The minimum atomic E-state index is -1.09. The van der Waals surface area contributed by atoms with Gasteiger partial charge >= 0.3 is 5.97 Å². The standard InChI is InChI=1S/C21H22F2N6OS.C7H5NO4.C2H6/c1-11(12-4-3-5-12)27-21(30)15-10-29(31-23)20-19(15)28-17(9-26-20)18(24)14-7-6-13(22)8-16(14)25-2;9-7(10)5-1-3-6(4-2-5)8(11)12;1-2/h6-12,24-25H,3-5H2,1-2H3,(H,27,30);1-4H,(H,9,10);1-2H3. The second-order valence-corrected chi connectivity index (χ2v) is 10.3. The maximum absolute atomic E-state index is 13.6. The van der Waals surface area contributed by atoms with Gasteiger partial charge in [0.15, 0.2) is 18.0 Å². The van der Waals surface area contributed by atoms with Crippen LogP contribution in [0.1, 0.15) is 72.0 Å². The fourth-order valence-corrected chi connectivity index (χ4v) is 4.79. The van der Waals surface area contributed by atoms with Crippen molar-refractivity contribution in [1.82, 2.24) is 19.3 Å². The molecule has 2 aromatic carbocycles. The number of halogens is 2. The van der Waals surface area contributed by atoms with Crippen molar-refractivity contribution in [3.63, 3.8) is 0 Å². The molecule has 15 heteroatoms. The van der Waals surface area contributed by atoms with Gasteiger partial charge in [0.2, 0.25) is 0 Å². The topological polar surface area (TPSA) is 176 Å². The minimum absolute atomic E-state index is 0.00419. The lowest BCUT2D eigenvalue weighted by Gasteiger charge is -2.31. The van der Waals surface area contributed by atoms with E-state index in [0.717, 1.165) is 35.4 Å². The molecule has 238 valence electrons. The van der Waals surface area contributed by atoms with Gasteiger partial charge in [0.25, 0.3) is 11.6 Å². The molecule has 4 aromatic rings. The van der Waals surface area contributed by atoms with Crippen LogP contribution in [0, 0.1) is 27.3 Å². The van der Waals surface area contributed by atoms with Gasteiger partial charge in [0.1, 0.15) is 17.0 Å². The number of amides is 1. The summed E-state index contributed by atoms with van der Waals surface area (Å²) in [6, 6.07) is 8.73. The quantitative estimate of drug-likeness (QED) is 0.0886. The van der Waals surface area contributed by atoms with E-state index in [9.17, 15) is 28.0 Å². The molecule has 1 atom stereocenters. The largest absolute Gasteiger partial charge is 0.478 e. The third-order valence-corrected chi connectivity index (χ3v) is 7.53. The first kappa shape index (κ1) is 34.6. The number of anilines is 1. The highest BCUT2D eigenvalue weighted by Gasteiger charge is 2.27.